The third kappa shape index (κ3) is 2.99. The van der Waals surface area contributed by atoms with Crippen molar-refractivity contribution >= 4 is 11.5 Å². The Morgan fingerprint density at radius 2 is 1.41 bits per heavy atom. The molecular formula is C19H15NO2. The smallest absolute Gasteiger partial charge is 0.196 e. The van der Waals surface area contributed by atoms with Crippen molar-refractivity contribution in [3.05, 3.63) is 90.0 Å². The molecule has 2 N–H and O–H groups in total. The van der Waals surface area contributed by atoms with Crippen LogP contribution in [0.1, 0.15) is 15.9 Å². The molecule has 0 saturated carbocycles. The van der Waals surface area contributed by atoms with Crippen molar-refractivity contribution in [1.29, 1.82) is 0 Å². The van der Waals surface area contributed by atoms with Crippen molar-refractivity contribution in [2.24, 2.45) is 0 Å². The topological polar surface area (TPSA) is 52.3 Å². The average molecular weight is 289 g/mol. The predicted octanol–water partition coefficient (Wildman–Crippen LogP) is 4.29. The van der Waals surface area contributed by atoms with Gasteiger partial charge in [0.2, 0.25) is 0 Å². The molecule has 0 radical (unpaired) electrons. The molecule has 0 saturated heterocycles. The Hall–Kier alpha value is -3.07. The maximum Gasteiger partial charge on any atom is 0.196 e. The van der Waals surface area contributed by atoms with Crippen LogP contribution < -0.4 is 10.5 Å². The third-order valence-corrected chi connectivity index (χ3v) is 3.28. The number of ether oxygens (including phenoxy) is 1. The lowest BCUT2D eigenvalue weighted by Crippen LogP contribution is -2.03. The SMILES string of the molecule is Nc1ccc(Oc2ccccc2C(=O)c2ccccc2)cc1. The van der Waals surface area contributed by atoms with E-state index in [2.05, 4.69) is 0 Å². The lowest BCUT2D eigenvalue weighted by atomic mass is 10.0. The van der Waals surface area contributed by atoms with E-state index in [1.54, 1.807) is 48.5 Å². The Kier molecular flexibility index (Phi) is 3.88. The first-order valence-corrected chi connectivity index (χ1v) is 6.96. The van der Waals surface area contributed by atoms with E-state index in [0.29, 0.717) is 28.3 Å². The van der Waals surface area contributed by atoms with Crippen LogP contribution in [0, 0.1) is 0 Å². The van der Waals surface area contributed by atoms with E-state index in [1.165, 1.54) is 0 Å². The number of carbonyl (C=O) groups is 1. The maximum atomic E-state index is 12.6. The Morgan fingerprint density at radius 1 is 0.773 bits per heavy atom. The number of hydrogen-bond acceptors (Lipinski definition) is 3. The lowest BCUT2D eigenvalue weighted by Gasteiger charge is -2.10. The molecule has 3 aromatic rings. The van der Waals surface area contributed by atoms with Crippen LogP contribution in [-0.4, -0.2) is 5.78 Å². The maximum absolute atomic E-state index is 12.6. The van der Waals surface area contributed by atoms with Crippen molar-refractivity contribution in [2.75, 3.05) is 5.73 Å². The summed E-state index contributed by atoms with van der Waals surface area (Å²) >= 11 is 0. The number of rotatable bonds is 4. The molecule has 3 rings (SSSR count). The fourth-order valence-corrected chi connectivity index (χ4v) is 2.15. The molecule has 22 heavy (non-hydrogen) atoms. The molecule has 0 fully saturated rings. The Labute approximate surface area is 129 Å². The fraction of sp³-hybridized carbons (Fsp3) is 0. The van der Waals surface area contributed by atoms with Gasteiger partial charge in [0.25, 0.3) is 0 Å². The molecule has 0 spiro atoms. The lowest BCUT2D eigenvalue weighted by molar-refractivity contribution is 0.103. The van der Waals surface area contributed by atoms with Crippen LogP contribution >= 0.6 is 0 Å². The second-order valence-corrected chi connectivity index (χ2v) is 4.86. The van der Waals surface area contributed by atoms with Gasteiger partial charge in [-0.15, -0.1) is 0 Å². The van der Waals surface area contributed by atoms with E-state index >= 15 is 0 Å². The van der Waals surface area contributed by atoms with Crippen LogP contribution in [-0.2, 0) is 0 Å². The minimum Gasteiger partial charge on any atom is -0.457 e. The van der Waals surface area contributed by atoms with E-state index in [-0.39, 0.29) is 5.78 Å². The molecule has 0 aromatic heterocycles. The number of hydrogen-bond donors (Lipinski definition) is 1. The zero-order valence-corrected chi connectivity index (χ0v) is 11.9. The van der Waals surface area contributed by atoms with Gasteiger partial charge in [-0.25, -0.2) is 0 Å². The van der Waals surface area contributed by atoms with Gasteiger partial charge in [-0.3, -0.25) is 4.79 Å². The number of anilines is 1. The van der Waals surface area contributed by atoms with Crippen LogP contribution in [0.25, 0.3) is 0 Å². The molecule has 0 bridgehead atoms. The van der Waals surface area contributed by atoms with Crippen LogP contribution in [0.15, 0.2) is 78.9 Å². The normalized spacial score (nSPS) is 10.2. The van der Waals surface area contributed by atoms with Gasteiger partial charge in [0.1, 0.15) is 11.5 Å². The summed E-state index contributed by atoms with van der Waals surface area (Å²) in [4.78, 5) is 12.6. The summed E-state index contributed by atoms with van der Waals surface area (Å²) in [6, 6.07) is 23.5. The number of nitrogen functional groups attached to an aromatic ring is 1. The molecule has 0 aliphatic heterocycles. The predicted molar refractivity (Wildman–Crippen MR) is 87.2 cm³/mol. The minimum absolute atomic E-state index is 0.0633. The van der Waals surface area contributed by atoms with Gasteiger partial charge >= 0.3 is 0 Å². The number of benzene rings is 3. The number of nitrogens with two attached hydrogens (primary N) is 1. The van der Waals surface area contributed by atoms with Gasteiger partial charge in [0, 0.05) is 11.3 Å². The summed E-state index contributed by atoms with van der Waals surface area (Å²) in [6.07, 6.45) is 0. The van der Waals surface area contributed by atoms with Gasteiger partial charge in [-0.2, -0.15) is 0 Å². The summed E-state index contributed by atoms with van der Waals surface area (Å²) in [5, 5.41) is 0. The molecule has 108 valence electrons. The van der Waals surface area contributed by atoms with Crippen molar-refractivity contribution in [2.45, 2.75) is 0 Å². The van der Waals surface area contributed by atoms with E-state index in [4.69, 9.17) is 10.5 Å². The van der Waals surface area contributed by atoms with Gasteiger partial charge in [-0.05, 0) is 36.4 Å². The van der Waals surface area contributed by atoms with Crippen molar-refractivity contribution in [3.63, 3.8) is 0 Å². The summed E-state index contributed by atoms with van der Waals surface area (Å²) in [7, 11) is 0. The third-order valence-electron chi connectivity index (χ3n) is 3.28. The number of carbonyl (C=O) groups excluding carboxylic acids is 1. The summed E-state index contributed by atoms with van der Waals surface area (Å²) < 4.78 is 5.83. The van der Waals surface area contributed by atoms with Crippen LogP contribution in [0.2, 0.25) is 0 Å². The summed E-state index contributed by atoms with van der Waals surface area (Å²) in [6.45, 7) is 0. The molecule has 0 amide bonds. The van der Waals surface area contributed by atoms with Crippen LogP contribution in [0.5, 0.6) is 11.5 Å². The van der Waals surface area contributed by atoms with Crippen molar-refractivity contribution in [1.82, 2.24) is 0 Å². The minimum atomic E-state index is -0.0633. The van der Waals surface area contributed by atoms with Gasteiger partial charge in [0.05, 0.1) is 5.56 Å². The second-order valence-electron chi connectivity index (χ2n) is 4.86. The highest BCUT2D eigenvalue weighted by Crippen LogP contribution is 2.27. The monoisotopic (exact) mass is 289 g/mol. The first-order valence-electron chi connectivity index (χ1n) is 6.96. The molecule has 3 aromatic carbocycles. The highest BCUT2D eigenvalue weighted by molar-refractivity contribution is 6.10. The molecule has 0 unspecified atom stereocenters. The van der Waals surface area contributed by atoms with E-state index in [9.17, 15) is 4.79 Å². The Balaban J connectivity index is 1.93. The van der Waals surface area contributed by atoms with Crippen molar-refractivity contribution in [3.8, 4) is 11.5 Å². The quantitative estimate of drug-likeness (QED) is 0.575. The molecule has 3 heteroatoms. The molecule has 0 heterocycles. The van der Waals surface area contributed by atoms with Gasteiger partial charge < -0.3 is 10.5 Å². The first-order chi connectivity index (χ1) is 10.7. The Bertz CT molecular complexity index is 780. The number of para-hydroxylation sites is 1. The highest BCUT2D eigenvalue weighted by atomic mass is 16.5. The zero-order valence-electron chi connectivity index (χ0n) is 11.9. The van der Waals surface area contributed by atoms with E-state index in [1.807, 2.05) is 30.3 Å². The van der Waals surface area contributed by atoms with Gasteiger partial charge in [0.15, 0.2) is 5.78 Å². The largest absolute Gasteiger partial charge is 0.457 e. The average Bonchev–Trinajstić information content (AvgIpc) is 2.58. The van der Waals surface area contributed by atoms with E-state index in [0.717, 1.165) is 0 Å². The molecular weight excluding hydrogens is 274 g/mol. The molecule has 0 aliphatic carbocycles. The second kappa shape index (κ2) is 6.14. The molecule has 0 atom stereocenters. The standard InChI is InChI=1S/C19H15NO2/c20-15-10-12-16(13-11-15)22-18-9-5-4-8-17(18)19(21)14-6-2-1-3-7-14/h1-13H,20H2. The van der Waals surface area contributed by atoms with E-state index < -0.39 is 0 Å². The fourth-order valence-electron chi connectivity index (χ4n) is 2.15. The van der Waals surface area contributed by atoms with Crippen LogP contribution in [0.4, 0.5) is 5.69 Å². The Morgan fingerprint density at radius 3 is 2.14 bits per heavy atom. The highest BCUT2D eigenvalue weighted by Gasteiger charge is 2.14. The van der Waals surface area contributed by atoms with Crippen molar-refractivity contribution < 1.29 is 9.53 Å². The first kappa shape index (κ1) is 13.9. The molecule has 0 aliphatic rings. The number of ketones is 1. The summed E-state index contributed by atoms with van der Waals surface area (Å²) in [5.74, 6) is 1.11. The summed E-state index contributed by atoms with van der Waals surface area (Å²) in [5.41, 5.74) is 7.50. The van der Waals surface area contributed by atoms with Gasteiger partial charge in [-0.1, -0.05) is 42.5 Å². The van der Waals surface area contributed by atoms with Crippen LogP contribution in [0.3, 0.4) is 0 Å². The molecule has 3 nitrogen and oxygen atoms in total. The zero-order chi connectivity index (χ0) is 15.4.